The maximum Gasteiger partial charge on any atom is 0.410 e. The minimum Gasteiger partial charge on any atom is -0.474 e. The number of fused-ring (bicyclic) bond motifs is 1. The lowest BCUT2D eigenvalue weighted by molar-refractivity contribution is 0.0101. The quantitative estimate of drug-likeness (QED) is 0.541. The van der Waals surface area contributed by atoms with E-state index in [9.17, 15) is 9.90 Å². The van der Waals surface area contributed by atoms with E-state index >= 15 is 0 Å². The molecule has 5 heterocycles. The van der Waals surface area contributed by atoms with Crippen molar-refractivity contribution in [2.75, 3.05) is 54.8 Å². The molecule has 2 atom stereocenters. The highest BCUT2D eigenvalue weighted by Gasteiger charge is 2.41. The van der Waals surface area contributed by atoms with Gasteiger partial charge in [-0.3, -0.25) is 0 Å². The molecule has 2 aromatic rings. The van der Waals surface area contributed by atoms with Crippen molar-refractivity contribution < 1.29 is 19.4 Å². The highest BCUT2D eigenvalue weighted by Crippen LogP contribution is 2.38. The standard InChI is InChI=1S/C19H23ClN6O.C10H19NO3/c20-17-7-16(19(21)24-23-17)26-10-12-8-25(9-13(12)11-26)14-4-5-22-18(6-14)27-15-2-1-3-15;1-10(2,3)14-9(13)11-6-4-8(12)5-7-11/h4-7,12-13,15H,1-3,8-11H2,(H2,21,24);8,12H,4-7H2,1-3H3. The second-order valence-corrected chi connectivity index (χ2v) is 12.9. The molecule has 224 valence electrons. The first kappa shape index (κ1) is 29.4. The molecule has 4 aliphatic rings. The number of piperidine rings is 1. The van der Waals surface area contributed by atoms with Crippen LogP contribution in [0.15, 0.2) is 24.4 Å². The van der Waals surface area contributed by atoms with Crippen molar-refractivity contribution in [1.82, 2.24) is 20.1 Å². The Kier molecular flexibility index (Phi) is 8.94. The number of hydrogen-bond donors (Lipinski definition) is 2. The van der Waals surface area contributed by atoms with E-state index in [4.69, 9.17) is 26.8 Å². The van der Waals surface area contributed by atoms with Crippen molar-refractivity contribution in [1.29, 1.82) is 0 Å². The molecule has 3 aliphatic heterocycles. The first-order valence-corrected chi connectivity index (χ1v) is 15.0. The number of anilines is 3. The van der Waals surface area contributed by atoms with Gasteiger partial charge in [0.25, 0.3) is 0 Å². The van der Waals surface area contributed by atoms with E-state index in [1.54, 1.807) is 4.90 Å². The number of ether oxygens (including phenoxy) is 2. The summed E-state index contributed by atoms with van der Waals surface area (Å²) in [5, 5.41) is 17.4. The Morgan fingerprint density at radius 2 is 1.68 bits per heavy atom. The average Bonchev–Trinajstić information content (AvgIpc) is 3.47. The molecule has 3 N–H and O–H groups in total. The summed E-state index contributed by atoms with van der Waals surface area (Å²) in [7, 11) is 0. The van der Waals surface area contributed by atoms with Gasteiger partial charge in [-0.15, -0.1) is 10.2 Å². The Bertz CT molecular complexity index is 1190. The third-order valence-corrected chi connectivity index (χ3v) is 8.32. The Hall–Kier alpha value is -3.05. The van der Waals surface area contributed by atoms with Crippen molar-refractivity contribution in [2.45, 2.75) is 70.7 Å². The number of likely N-dealkylation sites (tertiary alicyclic amines) is 1. The van der Waals surface area contributed by atoms with Gasteiger partial charge in [-0.25, -0.2) is 9.78 Å². The van der Waals surface area contributed by atoms with Crippen LogP contribution in [0.5, 0.6) is 5.88 Å². The zero-order chi connectivity index (χ0) is 29.1. The van der Waals surface area contributed by atoms with Crippen LogP contribution in [0.1, 0.15) is 52.9 Å². The number of carbonyl (C=O) groups is 1. The Labute approximate surface area is 247 Å². The Morgan fingerprint density at radius 1 is 1.02 bits per heavy atom. The highest BCUT2D eigenvalue weighted by atomic mass is 35.5. The van der Waals surface area contributed by atoms with Crippen molar-refractivity contribution in [3.8, 4) is 5.88 Å². The number of pyridine rings is 1. The fraction of sp³-hybridized carbons (Fsp3) is 0.655. The molecule has 12 heteroatoms. The number of aliphatic hydroxyl groups is 1. The lowest BCUT2D eigenvalue weighted by atomic mass is 9.96. The molecule has 4 fully saturated rings. The maximum absolute atomic E-state index is 11.5. The van der Waals surface area contributed by atoms with Gasteiger partial charge in [-0.1, -0.05) is 11.6 Å². The van der Waals surface area contributed by atoms with Crippen molar-refractivity contribution in [3.05, 3.63) is 29.5 Å². The summed E-state index contributed by atoms with van der Waals surface area (Å²) >= 11 is 6.00. The van der Waals surface area contributed by atoms with Crippen molar-refractivity contribution >= 4 is 34.9 Å². The molecule has 2 unspecified atom stereocenters. The summed E-state index contributed by atoms with van der Waals surface area (Å²) in [6.45, 7) is 10.7. The van der Waals surface area contributed by atoms with Gasteiger partial charge in [0.2, 0.25) is 5.88 Å². The number of nitrogen functional groups attached to an aromatic ring is 1. The van der Waals surface area contributed by atoms with Gasteiger partial charge in [0.15, 0.2) is 11.0 Å². The van der Waals surface area contributed by atoms with Gasteiger partial charge in [0.05, 0.1) is 11.8 Å². The van der Waals surface area contributed by atoms with Gasteiger partial charge in [0.1, 0.15) is 11.7 Å². The summed E-state index contributed by atoms with van der Waals surface area (Å²) in [6, 6.07) is 5.98. The Morgan fingerprint density at radius 3 is 2.29 bits per heavy atom. The number of rotatable bonds is 4. The van der Waals surface area contributed by atoms with Crippen LogP contribution in [-0.4, -0.2) is 88.4 Å². The fourth-order valence-electron chi connectivity index (χ4n) is 5.72. The van der Waals surface area contributed by atoms with E-state index in [1.807, 2.05) is 33.0 Å². The minimum absolute atomic E-state index is 0.256. The molecule has 6 rings (SSSR count). The number of nitrogens with two attached hydrogens (primary N) is 1. The van der Waals surface area contributed by atoms with Crippen LogP contribution >= 0.6 is 11.6 Å². The second kappa shape index (κ2) is 12.4. The first-order chi connectivity index (χ1) is 19.5. The Balaban J connectivity index is 0.000000205. The lowest BCUT2D eigenvalue weighted by Gasteiger charge is -2.31. The normalized spacial score (nSPS) is 23.0. The maximum atomic E-state index is 11.5. The number of amides is 1. The molecule has 0 aromatic carbocycles. The van der Waals surface area contributed by atoms with Crippen LogP contribution in [-0.2, 0) is 4.74 Å². The van der Waals surface area contributed by atoms with Crippen LogP contribution < -0.4 is 20.3 Å². The zero-order valence-electron chi connectivity index (χ0n) is 24.2. The van der Waals surface area contributed by atoms with E-state index in [2.05, 4.69) is 37.1 Å². The molecule has 0 radical (unpaired) electrons. The smallest absolute Gasteiger partial charge is 0.410 e. The van der Waals surface area contributed by atoms with Crippen LogP contribution in [0.4, 0.5) is 22.0 Å². The van der Waals surface area contributed by atoms with Crippen LogP contribution in [0, 0.1) is 11.8 Å². The highest BCUT2D eigenvalue weighted by molar-refractivity contribution is 6.29. The predicted octanol–water partition coefficient (Wildman–Crippen LogP) is 3.99. The number of halogens is 1. The van der Waals surface area contributed by atoms with Gasteiger partial charge < -0.3 is 35.0 Å². The fourth-order valence-corrected chi connectivity index (χ4v) is 5.86. The third-order valence-electron chi connectivity index (χ3n) is 8.14. The molecule has 1 saturated carbocycles. The van der Waals surface area contributed by atoms with Crippen LogP contribution in [0.2, 0.25) is 5.15 Å². The molecule has 1 aliphatic carbocycles. The average molecular weight is 588 g/mol. The summed E-state index contributed by atoms with van der Waals surface area (Å²) in [5.41, 5.74) is 7.67. The number of hydrogen-bond acceptors (Lipinski definition) is 10. The summed E-state index contributed by atoms with van der Waals surface area (Å²) in [6.07, 6.45) is 6.54. The zero-order valence-corrected chi connectivity index (χ0v) is 25.0. The number of aromatic nitrogens is 3. The number of nitrogens with zero attached hydrogens (tertiary/aromatic N) is 6. The van der Waals surface area contributed by atoms with E-state index < -0.39 is 5.60 Å². The lowest BCUT2D eigenvalue weighted by Crippen LogP contribution is -2.42. The molecule has 2 aromatic heterocycles. The molecule has 0 bridgehead atoms. The van der Waals surface area contributed by atoms with Crippen molar-refractivity contribution in [2.24, 2.45) is 11.8 Å². The van der Waals surface area contributed by atoms with E-state index in [-0.39, 0.29) is 12.2 Å². The van der Waals surface area contributed by atoms with Gasteiger partial charge in [-0.2, -0.15) is 0 Å². The second-order valence-electron chi connectivity index (χ2n) is 12.5. The summed E-state index contributed by atoms with van der Waals surface area (Å²) in [5.74, 6) is 2.39. The summed E-state index contributed by atoms with van der Waals surface area (Å²) in [4.78, 5) is 22.3. The molecule has 0 spiro atoms. The minimum atomic E-state index is -0.437. The largest absolute Gasteiger partial charge is 0.474 e. The molecular formula is C29H42ClN7O4. The van der Waals surface area contributed by atoms with Crippen LogP contribution in [0.3, 0.4) is 0 Å². The van der Waals surface area contributed by atoms with Crippen LogP contribution in [0.25, 0.3) is 0 Å². The predicted molar refractivity (Wildman–Crippen MR) is 158 cm³/mol. The SMILES string of the molecule is CC(C)(C)OC(=O)N1CCC(O)CC1.Nc1nnc(Cl)cc1N1CC2CN(c3ccnc(OC4CCC4)c3)CC2C1. The topological polar surface area (TPSA) is 130 Å². The van der Waals surface area contributed by atoms with E-state index in [0.717, 1.165) is 50.6 Å². The van der Waals surface area contributed by atoms with Gasteiger partial charge >= 0.3 is 6.09 Å². The first-order valence-electron chi connectivity index (χ1n) is 14.6. The molecule has 41 heavy (non-hydrogen) atoms. The van der Waals surface area contributed by atoms with E-state index in [1.165, 1.54) is 12.1 Å². The number of aliphatic hydroxyl groups excluding tert-OH is 1. The summed E-state index contributed by atoms with van der Waals surface area (Å²) < 4.78 is 11.2. The molecule has 3 saturated heterocycles. The molecular weight excluding hydrogens is 546 g/mol. The molecule has 11 nitrogen and oxygen atoms in total. The molecule has 1 amide bonds. The third kappa shape index (κ3) is 7.62. The monoisotopic (exact) mass is 587 g/mol. The van der Waals surface area contributed by atoms with Gasteiger partial charge in [0, 0.05) is 75.1 Å². The van der Waals surface area contributed by atoms with Gasteiger partial charge in [-0.05, 0) is 58.9 Å². The van der Waals surface area contributed by atoms with E-state index in [0.29, 0.717) is 54.8 Å². The number of carbonyl (C=O) groups excluding carboxylic acids is 1. The van der Waals surface area contributed by atoms with Crippen molar-refractivity contribution in [3.63, 3.8) is 0 Å².